The second kappa shape index (κ2) is 6.58. The first-order chi connectivity index (χ1) is 10.4. The molecule has 1 aromatic carbocycles. The highest BCUT2D eigenvalue weighted by atomic mass is 35.5. The van der Waals surface area contributed by atoms with Crippen LogP contribution < -0.4 is 5.32 Å². The van der Waals surface area contributed by atoms with Gasteiger partial charge < -0.3 is 10.1 Å². The van der Waals surface area contributed by atoms with Crippen LogP contribution in [0.2, 0.25) is 5.15 Å². The molecule has 2 aromatic rings. The Kier molecular flexibility index (Phi) is 4.78. The summed E-state index contributed by atoms with van der Waals surface area (Å²) in [6.45, 7) is 3.27. The molecule has 2 rings (SSSR count). The molecule has 5 nitrogen and oxygen atoms in total. The summed E-state index contributed by atoms with van der Waals surface area (Å²) in [5.41, 5.74) is 3.13. The van der Waals surface area contributed by atoms with Gasteiger partial charge in [-0.3, -0.25) is 4.79 Å². The summed E-state index contributed by atoms with van der Waals surface area (Å²) in [5.74, 6) is -0.608. The molecule has 22 heavy (non-hydrogen) atoms. The number of ether oxygens (including phenoxy) is 1. The molecule has 0 atom stereocenters. The minimum Gasteiger partial charge on any atom is -0.465 e. The highest BCUT2D eigenvalue weighted by Crippen LogP contribution is 2.31. The van der Waals surface area contributed by atoms with Crippen LogP contribution in [0.4, 0.5) is 5.69 Å². The number of amides is 1. The second-order valence-corrected chi connectivity index (χ2v) is 5.12. The molecule has 0 radical (unpaired) electrons. The Morgan fingerprint density at radius 3 is 2.41 bits per heavy atom. The van der Waals surface area contributed by atoms with Crippen molar-refractivity contribution in [2.24, 2.45) is 0 Å². The Morgan fingerprint density at radius 2 is 1.86 bits per heavy atom. The molecule has 1 N–H and O–H groups in total. The zero-order valence-corrected chi connectivity index (χ0v) is 13.2. The van der Waals surface area contributed by atoms with Gasteiger partial charge in [0, 0.05) is 12.5 Å². The molecule has 0 aliphatic heterocycles. The Labute approximate surface area is 133 Å². The van der Waals surface area contributed by atoms with Crippen molar-refractivity contribution < 1.29 is 14.3 Å². The van der Waals surface area contributed by atoms with Crippen molar-refractivity contribution in [2.45, 2.75) is 13.8 Å². The van der Waals surface area contributed by atoms with Crippen molar-refractivity contribution in [3.05, 3.63) is 46.6 Å². The van der Waals surface area contributed by atoms with Crippen LogP contribution >= 0.6 is 11.6 Å². The molecule has 114 valence electrons. The molecule has 0 saturated heterocycles. The molecule has 1 aromatic heterocycles. The number of esters is 1. The predicted molar refractivity (Wildman–Crippen MR) is 85.1 cm³/mol. The Bertz CT molecular complexity index is 727. The van der Waals surface area contributed by atoms with Crippen LogP contribution in [-0.2, 0) is 9.53 Å². The van der Waals surface area contributed by atoms with Crippen molar-refractivity contribution in [1.29, 1.82) is 0 Å². The van der Waals surface area contributed by atoms with E-state index in [9.17, 15) is 9.59 Å². The topological polar surface area (TPSA) is 68.3 Å². The van der Waals surface area contributed by atoms with Gasteiger partial charge in [-0.2, -0.15) is 0 Å². The third kappa shape index (κ3) is 3.43. The molecular formula is C16H15ClN2O3. The minimum absolute atomic E-state index is 0.195. The number of pyridine rings is 1. The highest BCUT2D eigenvalue weighted by Gasteiger charge is 2.14. The average Bonchev–Trinajstić information content (AvgIpc) is 2.49. The summed E-state index contributed by atoms with van der Waals surface area (Å²) >= 11 is 6.01. The van der Waals surface area contributed by atoms with Crippen LogP contribution in [0.5, 0.6) is 0 Å². The van der Waals surface area contributed by atoms with Gasteiger partial charge in [0.05, 0.1) is 24.1 Å². The first-order valence-corrected chi connectivity index (χ1v) is 6.93. The van der Waals surface area contributed by atoms with Crippen molar-refractivity contribution in [1.82, 2.24) is 4.98 Å². The summed E-state index contributed by atoms with van der Waals surface area (Å²) in [4.78, 5) is 27.1. The van der Waals surface area contributed by atoms with Gasteiger partial charge in [0.1, 0.15) is 5.15 Å². The third-order valence-electron chi connectivity index (χ3n) is 3.07. The lowest BCUT2D eigenvalue weighted by atomic mass is 10.0. The van der Waals surface area contributed by atoms with Crippen LogP contribution in [0.1, 0.15) is 22.8 Å². The summed E-state index contributed by atoms with van der Waals surface area (Å²) in [7, 11) is 1.33. The number of nitrogens with zero attached hydrogens (tertiary/aromatic N) is 1. The highest BCUT2D eigenvalue weighted by molar-refractivity contribution is 6.29. The van der Waals surface area contributed by atoms with E-state index >= 15 is 0 Å². The zero-order valence-electron chi connectivity index (χ0n) is 12.4. The molecule has 0 saturated carbocycles. The fraction of sp³-hybridized carbons (Fsp3) is 0.188. The lowest BCUT2D eigenvalue weighted by Gasteiger charge is -2.13. The summed E-state index contributed by atoms with van der Waals surface area (Å²) in [5, 5.41) is 3.10. The molecule has 0 unspecified atom stereocenters. The van der Waals surface area contributed by atoms with Gasteiger partial charge in [0.15, 0.2) is 0 Å². The SMILES string of the molecule is COC(=O)c1ccc(-c2nc(Cl)cc(C)c2NC(C)=O)cc1. The third-order valence-corrected chi connectivity index (χ3v) is 3.26. The Balaban J connectivity index is 2.51. The van der Waals surface area contributed by atoms with E-state index in [0.717, 1.165) is 11.1 Å². The molecule has 1 amide bonds. The largest absolute Gasteiger partial charge is 0.465 e. The molecule has 0 aliphatic rings. The average molecular weight is 319 g/mol. The molecule has 0 spiro atoms. The van der Waals surface area contributed by atoms with Gasteiger partial charge in [-0.1, -0.05) is 23.7 Å². The van der Waals surface area contributed by atoms with Crippen LogP contribution in [0.3, 0.4) is 0 Å². The van der Waals surface area contributed by atoms with Gasteiger partial charge in [-0.05, 0) is 30.7 Å². The lowest BCUT2D eigenvalue weighted by molar-refractivity contribution is -0.114. The molecule has 0 bridgehead atoms. The number of hydrogen-bond donors (Lipinski definition) is 1. The quantitative estimate of drug-likeness (QED) is 0.695. The summed E-state index contributed by atoms with van der Waals surface area (Å²) < 4.78 is 4.66. The van der Waals surface area contributed by atoms with E-state index < -0.39 is 5.97 Å². The van der Waals surface area contributed by atoms with Crippen molar-refractivity contribution in [3.63, 3.8) is 0 Å². The zero-order chi connectivity index (χ0) is 16.3. The first-order valence-electron chi connectivity index (χ1n) is 6.56. The van der Waals surface area contributed by atoms with E-state index in [0.29, 0.717) is 22.1 Å². The van der Waals surface area contributed by atoms with E-state index in [1.54, 1.807) is 30.3 Å². The van der Waals surface area contributed by atoms with Gasteiger partial charge in [-0.15, -0.1) is 0 Å². The van der Waals surface area contributed by atoms with Crippen molar-refractivity contribution in [3.8, 4) is 11.3 Å². The van der Waals surface area contributed by atoms with Gasteiger partial charge in [0.2, 0.25) is 5.91 Å². The predicted octanol–water partition coefficient (Wildman–Crippen LogP) is 3.46. The van der Waals surface area contributed by atoms with Crippen LogP contribution in [0.25, 0.3) is 11.3 Å². The van der Waals surface area contributed by atoms with Gasteiger partial charge in [-0.25, -0.2) is 9.78 Å². The van der Waals surface area contributed by atoms with E-state index in [1.165, 1.54) is 14.0 Å². The summed E-state index contributed by atoms with van der Waals surface area (Å²) in [6.07, 6.45) is 0. The minimum atomic E-state index is -0.413. The normalized spacial score (nSPS) is 10.2. The standard InChI is InChI=1S/C16H15ClN2O3/c1-9-8-13(17)19-15(14(9)18-10(2)20)11-4-6-12(7-5-11)16(21)22-3/h4-8H,1-3H3,(H,18,20). The maximum absolute atomic E-state index is 11.5. The number of halogens is 1. The Morgan fingerprint density at radius 1 is 1.23 bits per heavy atom. The second-order valence-electron chi connectivity index (χ2n) is 4.74. The number of anilines is 1. The fourth-order valence-electron chi connectivity index (χ4n) is 2.06. The maximum atomic E-state index is 11.5. The smallest absolute Gasteiger partial charge is 0.337 e. The molecule has 6 heteroatoms. The number of carbonyl (C=O) groups is 2. The monoisotopic (exact) mass is 318 g/mol. The number of rotatable bonds is 3. The first kappa shape index (κ1) is 16.0. The van der Waals surface area contributed by atoms with E-state index in [-0.39, 0.29) is 5.91 Å². The van der Waals surface area contributed by atoms with Gasteiger partial charge >= 0.3 is 5.97 Å². The van der Waals surface area contributed by atoms with Crippen molar-refractivity contribution in [2.75, 3.05) is 12.4 Å². The molecule has 1 heterocycles. The van der Waals surface area contributed by atoms with E-state index in [1.807, 2.05) is 6.92 Å². The number of nitrogens with one attached hydrogen (secondary N) is 1. The number of methoxy groups -OCH3 is 1. The van der Waals surface area contributed by atoms with Crippen LogP contribution in [-0.4, -0.2) is 24.0 Å². The van der Waals surface area contributed by atoms with Gasteiger partial charge in [0.25, 0.3) is 0 Å². The number of aromatic nitrogens is 1. The Hall–Kier alpha value is -2.40. The summed E-state index contributed by atoms with van der Waals surface area (Å²) in [6, 6.07) is 8.41. The molecule has 0 aliphatic carbocycles. The number of aryl methyl sites for hydroxylation is 1. The van der Waals surface area contributed by atoms with E-state index in [2.05, 4.69) is 15.0 Å². The maximum Gasteiger partial charge on any atom is 0.337 e. The lowest BCUT2D eigenvalue weighted by Crippen LogP contribution is -2.09. The van der Waals surface area contributed by atoms with Crippen LogP contribution in [0.15, 0.2) is 30.3 Å². The van der Waals surface area contributed by atoms with Crippen molar-refractivity contribution >= 4 is 29.2 Å². The fourth-order valence-corrected chi connectivity index (χ4v) is 2.31. The van der Waals surface area contributed by atoms with Crippen LogP contribution in [0, 0.1) is 6.92 Å². The molecular weight excluding hydrogens is 304 g/mol. The molecule has 0 fully saturated rings. The number of hydrogen-bond acceptors (Lipinski definition) is 4. The number of carbonyl (C=O) groups excluding carboxylic acids is 2. The van der Waals surface area contributed by atoms with E-state index in [4.69, 9.17) is 11.6 Å². The number of benzene rings is 1.